The third kappa shape index (κ3) is 2.74. The number of hydrogen-bond acceptors (Lipinski definition) is 4. The van der Waals surface area contributed by atoms with Gasteiger partial charge in [-0.2, -0.15) is 9.65 Å². The van der Waals surface area contributed by atoms with Crippen molar-refractivity contribution in [3.05, 3.63) is 35.4 Å². The number of hydrazone groups is 1. The van der Waals surface area contributed by atoms with Crippen LogP contribution in [-0.4, -0.2) is 50.6 Å². The van der Waals surface area contributed by atoms with Crippen molar-refractivity contribution in [3.8, 4) is 5.75 Å². The zero-order chi connectivity index (χ0) is 16.9. The van der Waals surface area contributed by atoms with E-state index in [1.54, 1.807) is 11.2 Å². The smallest absolute Gasteiger partial charge is 0.218 e. The molecule has 4 rings (SSSR count). The third-order valence-electron chi connectivity index (χ3n) is 4.51. The number of fused-ring (bicyclic) bond motifs is 2. The fourth-order valence-corrected chi connectivity index (χ4v) is 5.51. The van der Waals surface area contributed by atoms with Crippen LogP contribution in [0.25, 0.3) is 6.08 Å². The average Bonchev–Trinajstić information content (AvgIpc) is 2.96. The number of para-hydroxylation sites is 1. The molecule has 0 aliphatic carbocycles. The van der Waals surface area contributed by atoms with Crippen LogP contribution in [0.3, 0.4) is 0 Å². The van der Waals surface area contributed by atoms with Crippen LogP contribution in [0.1, 0.15) is 12.5 Å². The molecule has 2 N–H and O–H groups in total. The van der Waals surface area contributed by atoms with Crippen LogP contribution < -0.4 is 10.1 Å². The third-order valence-corrected chi connectivity index (χ3v) is 6.56. The number of rotatable bonds is 2. The maximum absolute atomic E-state index is 11.9. The van der Waals surface area contributed by atoms with Gasteiger partial charge < -0.3 is 10.1 Å². The normalized spacial score (nSPS) is 34.6. The number of ether oxygens (including phenoxy) is 1. The van der Waals surface area contributed by atoms with Crippen LogP contribution in [0.2, 0.25) is 0 Å². The Kier molecular flexibility index (Phi) is 3.70. The van der Waals surface area contributed by atoms with Gasteiger partial charge in [-0.3, -0.25) is 0 Å². The van der Waals surface area contributed by atoms with Gasteiger partial charge in [0.05, 0.1) is 6.21 Å². The van der Waals surface area contributed by atoms with Crippen LogP contribution >= 0.6 is 12.2 Å². The summed E-state index contributed by atoms with van der Waals surface area (Å²) in [4.78, 5) is 0. The molecular weight excluding hydrogens is 346 g/mol. The summed E-state index contributed by atoms with van der Waals surface area (Å²) in [5, 5.41) is 9.72. The Morgan fingerprint density at radius 3 is 3.08 bits per heavy atom. The van der Waals surface area contributed by atoms with E-state index in [1.807, 2.05) is 37.3 Å². The number of nitrogens with zero attached hydrogens (tertiary/aromatic N) is 2. The molecule has 24 heavy (non-hydrogen) atoms. The summed E-state index contributed by atoms with van der Waals surface area (Å²) >= 11 is 5.31. The van der Waals surface area contributed by atoms with E-state index in [2.05, 4.69) is 10.4 Å². The van der Waals surface area contributed by atoms with Gasteiger partial charge in [0.25, 0.3) is 0 Å². The Balaban J connectivity index is 1.58. The summed E-state index contributed by atoms with van der Waals surface area (Å²) in [5.41, 5.74) is 1.94. The molecule has 3 aliphatic heterocycles. The lowest BCUT2D eigenvalue weighted by molar-refractivity contribution is 0.260. The van der Waals surface area contributed by atoms with Crippen LogP contribution in [0.4, 0.5) is 0 Å². The predicted octanol–water partition coefficient (Wildman–Crippen LogP) is 1.75. The van der Waals surface area contributed by atoms with Gasteiger partial charge in [0, 0.05) is 11.1 Å². The van der Waals surface area contributed by atoms with Gasteiger partial charge in [0.2, 0.25) is 10.2 Å². The van der Waals surface area contributed by atoms with Gasteiger partial charge in [0.1, 0.15) is 23.9 Å². The Hall–Kier alpha value is -1.77. The molecule has 3 heterocycles. The van der Waals surface area contributed by atoms with Gasteiger partial charge in [0.15, 0.2) is 16.6 Å². The molecule has 4 atom stereocenters. The lowest BCUT2D eigenvalue weighted by atomic mass is 10.0. The summed E-state index contributed by atoms with van der Waals surface area (Å²) in [7, 11) is -2.78. The van der Waals surface area contributed by atoms with E-state index in [0.717, 1.165) is 16.9 Å². The summed E-state index contributed by atoms with van der Waals surface area (Å²) in [6, 6.07) is 7.56. The monoisotopic (exact) mass is 364 g/mol. The second kappa shape index (κ2) is 5.65. The lowest BCUT2D eigenvalue weighted by Crippen LogP contribution is -2.33. The Morgan fingerprint density at radius 2 is 2.25 bits per heavy atom. The van der Waals surface area contributed by atoms with Crippen molar-refractivity contribution in [3.63, 3.8) is 0 Å². The summed E-state index contributed by atoms with van der Waals surface area (Å²) < 4.78 is 27.6. The first kappa shape index (κ1) is 15.7. The molecule has 0 spiro atoms. The highest BCUT2D eigenvalue weighted by Gasteiger charge is 2.54. The second-order valence-corrected chi connectivity index (χ2v) is 8.86. The van der Waals surface area contributed by atoms with Crippen LogP contribution in [0, 0.1) is 0 Å². The average molecular weight is 364 g/mol. The van der Waals surface area contributed by atoms with Gasteiger partial charge >= 0.3 is 0 Å². The van der Waals surface area contributed by atoms with Crippen molar-refractivity contribution < 1.29 is 13.5 Å². The van der Waals surface area contributed by atoms with Gasteiger partial charge in [-0.25, -0.2) is 5.01 Å². The first-order valence-electron chi connectivity index (χ1n) is 7.76. The number of thiocarbonyl (C=S) groups is 1. The molecule has 3 aliphatic rings. The Morgan fingerprint density at radius 1 is 1.46 bits per heavy atom. The minimum Gasteiger partial charge on any atom is -0.485 e. The number of benzene rings is 1. The molecule has 6 nitrogen and oxygen atoms in total. The zero-order valence-electron chi connectivity index (χ0n) is 13.1. The molecule has 0 aromatic heterocycles. The molecule has 8 heteroatoms. The van der Waals surface area contributed by atoms with Gasteiger partial charge in [-0.15, -0.1) is 0 Å². The van der Waals surface area contributed by atoms with Crippen molar-refractivity contribution in [2.45, 2.75) is 25.1 Å². The second-order valence-electron chi connectivity index (χ2n) is 6.26. The molecule has 2 saturated heterocycles. The van der Waals surface area contributed by atoms with Gasteiger partial charge in [-0.1, -0.05) is 22.4 Å². The minimum absolute atomic E-state index is 0.109. The van der Waals surface area contributed by atoms with Crippen molar-refractivity contribution in [2.75, 3.05) is 11.5 Å². The van der Waals surface area contributed by atoms with E-state index >= 15 is 0 Å². The highest BCUT2D eigenvalue weighted by molar-refractivity contribution is 7.98. The minimum atomic E-state index is -2.78. The molecule has 126 valence electrons. The highest BCUT2D eigenvalue weighted by atomic mass is 32.3. The van der Waals surface area contributed by atoms with E-state index in [1.165, 1.54) is 0 Å². The Bertz CT molecular complexity index is 808. The fourth-order valence-electron chi connectivity index (χ4n) is 3.27. The maximum atomic E-state index is 11.9. The van der Waals surface area contributed by atoms with Crippen LogP contribution in [0.5, 0.6) is 5.75 Å². The Labute approximate surface area is 146 Å². The molecular formula is C16H18N3O3S2+. The summed E-state index contributed by atoms with van der Waals surface area (Å²) in [5.74, 6) is 1.27. The molecule has 2 fully saturated rings. The van der Waals surface area contributed by atoms with E-state index in [4.69, 9.17) is 17.0 Å². The first-order chi connectivity index (χ1) is 11.4. The van der Waals surface area contributed by atoms with E-state index in [9.17, 15) is 8.76 Å². The maximum Gasteiger partial charge on any atom is 0.218 e. The van der Waals surface area contributed by atoms with Crippen molar-refractivity contribution in [1.29, 1.82) is 0 Å². The van der Waals surface area contributed by atoms with E-state index < -0.39 is 10.2 Å². The number of nitrogens with one attached hydrogen (secondary N) is 1. The lowest BCUT2D eigenvalue weighted by Gasteiger charge is -2.23. The van der Waals surface area contributed by atoms with Crippen molar-refractivity contribution >= 4 is 39.8 Å². The molecule has 0 amide bonds. The van der Waals surface area contributed by atoms with Gasteiger partial charge in [-0.05, 0) is 31.3 Å². The largest absolute Gasteiger partial charge is 0.485 e. The van der Waals surface area contributed by atoms with Crippen LogP contribution in [-0.2, 0) is 14.4 Å². The zero-order valence-corrected chi connectivity index (χ0v) is 14.7. The predicted molar refractivity (Wildman–Crippen MR) is 98.6 cm³/mol. The molecule has 1 aromatic carbocycles. The fraction of sp³-hybridized carbons (Fsp3) is 0.375. The van der Waals surface area contributed by atoms with E-state index in [0.29, 0.717) is 5.11 Å². The molecule has 1 aromatic rings. The first-order valence-corrected chi connectivity index (χ1v) is 10.0. The molecule has 0 bridgehead atoms. The van der Waals surface area contributed by atoms with Crippen molar-refractivity contribution in [2.24, 2.45) is 5.10 Å². The summed E-state index contributed by atoms with van der Waals surface area (Å²) in [6.45, 7) is 1.97. The highest BCUT2D eigenvalue weighted by Crippen LogP contribution is 2.30. The summed E-state index contributed by atoms with van der Waals surface area (Å²) in [6.07, 6.45) is 3.66. The molecule has 0 saturated carbocycles. The van der Waals surface area contributed by atoms with E-state index in [-0.39, 0.29) is 29.7 Å². The van der Waals surface area contributed by atoms with Crippen LogP contribution in [0.15, 0.2) is 34.9 Å². The quantitative estimate of drug-likeness (QED) is 0.473. The molecule has 1 unspecified atom stereocenters. The molecule has 0 radical (unpaired) electrons. The SMILES string of the molecule is C[C@@H]1Oc2ccccc2C=C1/C=N\N1C(=S)N[C@@H]2C[S+](=O)(O)C[C@@H]21. The standard InChI is InChI=1S/C16H17N3O3S2/c1-10-12(6-11-4-2-3-5-15(11)22-10)7-17-19-14-9-24(20,21)8-13(14)18-16(19)23/h2-7,10,13-14H,8-9H2,1H3,(H-,18,20,21,23)/p+1/b17-7-/t10-,13+,14-/m0/s1. The number of hydrogen-bond donors (Lipinski definition) is 2. The topological polar surface area (TPSA) is 74.2 Å². The van der Waals surface area contributed by atoms with Crippen molar-refractivity contribution in [1.82, 2.24) is 10.3 Å².